The maximum atomic E-state index is 10.6. The Bertz CT molecular complexity index is 169. The minimum absolute atomic E-state index is 0.227. The van der Waals surface area contributed by atoms with E-state index in [1.165, 1.54) is 0 Å². The number of nitrogens with one attached hydrogen (secondary N) is 1. The van der Waals surface area contributed by atoms with Crippen LogP contribution in [0, 0.1) is 5.92 Å². The minimum Gasteiger partial charge on any atom is -0.396 e. The monoisotopic (exact) mass is 187 g/mol. The Morgan fingerprint density at radius 1 is 1.62 bits per heavy atom. The number of hydrogen-bond donors (Lipinski definition) is 3. The highest BCUT2D eigenvalue weighted by molar-refractivity contribution is 5.72. The third kappa shape index (κ3) is 3.20. The van der Waals surface area contributed by atoms with E-state index in [0.717, 1.165) is 32.6 Å². The van der Waals surface area contributed by atoms with E-state index >= 15 is 0 Å². The number of likely N-dealkylation sites (tertiary alicyclic amines) is 1. The molecule has 0 saturated carbocycles. The first kappa shape index (κ1) is 10.3. The number of urea groups is 1. The van der Waals surface area contributed by atoms with Gasteiger partial charge in [-0.25, -0.2) is 4.79 Å². The fraction of sp³-hybridized carbons (Fsp3) is 0.875. The molecule has 0 radical (unpaired) electrons. The van der Waals surface area contributed by atoms with Gasteiger partial charge in [0.2, 0.25) is 0 Å². The summed E-state index contributed by atoms with van der Waals surface area (Å²) in [6.45, 7) is 3.50. The smallest absolute Gasteiger partial charge is 0.314 e. The number of aliphatic hydroxyl groups excluding tert-OH is 1. The fourth-order valence-corrected chi connectivity index (χ4v) is 1.39. The van der Waals surface area contributed by atoms with Crippen molar-refractivity contribution in [3.63, 3.8) is 0 Å². The average molecular weight is 187 g/mol. The third-order valence-electron chi connectivity index (χ3n) is 2.21. The molecule has 0 aromatic heterocycles. The summed E-state index contributed by atoms with van der Waals surface area (Å²) in [5.41, 5.74) is 5.07. The highest BCUT2D eigenvalue weighted by Gasteiger charge is 2.28. The standard InChI is InChI=1S/C8H17N3O2/c9-8(13)11-5-7(6-11)4-10-2-1-3-12/h7,10,12H,1-6H2,(H2,9,13). The highest BCUT2D eigenvalue weighted by Crippen LogP contribution is 2.13. The summed E-state index contributed by atoms with van der Waals surface area (Å²) >= 11 is 0. The van der Waals surface area contributed by atoms with Crippen molar-refractivity contribution in [2.75, 3.05) is 32.8 Å². The van der Waals surface area contributed by atoms with Crippen molar-refractivity contribution < 1.29 is 9.90 Å². The first-order valence-corrected chi connectivity index (χ1v) is 4.60. The largest absolute Gasteiger partial charge is 0.396 e. The van der Waals surface area contributed by atoms with Crippen LogP contribution in [-0.2, 0) is 0 Å². The van der Waals surface area contributed by atoms with Gasteiger partial charge in [0.25, 0.3) is 0 Å². The molecule has 0 unspecified atom stereocenters. The van der Waals surface area contributed by atoms with Crippen LogP contribution in [0.1, 0.15) is 6.42 Å². The Labute approximate surface area is 77.9 Å². The lowest BCUT2D eigenvalue weighted by atomic mass is 10.0. The molecule has 0 aromatic rings. The van der Waals surface area contributed by atoms with E-state index in [-0.39, 0.29) is 12.6 Å². The summed E-state index contributed by atoms with van der Waals surface area (Å²) in [4.78, 5) is 12.2. The van der Waals surface area contributed by atoms with Crippen LogP contribution < -0.4 is 11.1 Å². The third-order valence-corrected chi connectivity index (χ3v) is 2.21. The van der Waals surface area contributed by atoms with Gasteiger partial charge >= 0.3 is 6.03 Å². The van der Waals surface area contributed by atoms with Crippen LogP contribution in [0.15, 0.2) is 0 Å². The summed E-state index contributed by atoms with van der Waals surface area (Å²) in [6.07, 6.45) is 0.784. The number of carbonyl (C=O) groups is 1. The Morgan fingerprint density at radius 3 is 2.85 bits per heavy atom. The molecule has 13 heavy (non-hydrogen) atoms. The number of primary amides is 1. The molecule has 0 aliphatic carbocycles. The van der Waals surface area contributed by atoms with Crippen molar-refractivity contribution in [2.24, 2.45) is 11.7 Å². The van der Waals surface area contributed by atoms with Crippen LogP contribution in [0.4, 0.5) is 4.79 Å². The molecule has 5 heteroatoms. The maximum absolute atomic E-state index is 10.6. The topological polar surface area (TPSA) is 78.6 Å². The van der Waals surface area contributed by atoms with E-state index < -0.39 is 0 Å². The van der Waals surface area contributed by atoms with Crippen molar-refractivity contribution in [3.05, 3.63) is 0 Å². The molecule has 0 spiro atoms. The van der Waals surface area contributed by atoms with Crippen molar-refractivity contribution in [2.45, 2.75) is 6.42 Å². The number of carbonyl (C=O) groups excluding carboxylic acids is 1. The normalized spacial score (nSPS) is 17.2. The molecule has 0 bridgehead atoms. The van der Waals surface area contributed by atoms with E-state index in [2.05, 4.69) is 5.32 Å². The van der Waals surface area contributed by atoms with Gasteiger partial charge in [-0.05, 0) is 13.0 Å². The van der Waals surface area contributed by atoms with E-state index in [1.807, 2.05) is 0 Å². The van der Waals surface area contributed by atoms with Gasteiger partial charge in [-0.3, -0.25) is 0 Å². The zero-order valence-corrected chi connectivity index (χ0v) is 7.70. The van der Waals surface area contributed by atoms with Gasteiger partial charge in [0.05, 0.1) is 0 Å². The zero-order valence-electron chi connectivity index (χ0n) is 7.70. The van der Waals surface area contributed by atoms with Gasteiger partial charge < -0.3 is 21.1 Å². The predicted octanol–water partition coefficient (Wildman–Crippen LogP) is -1.03. The van der Waals surface area contributed by atoms with E-state index in [0.29, 0.717) is 5.92 Å². The van der Waals surface area contributed by atoms with Gasteiger partial charge in [0, 0.05) is 32.2 Å². The summed E-state index contributed by atoms with van der Waals surface area (Å²) < 4.78 is 0. The van der Waals surface area contributed by atoms with Crippen LogP contribution >= 0.6 is 0 Å². The van der Waals surface area contributed by atoms with Crippen molar-refractivity contribution in [3.8, 4) is 0 Å². The van der Waals surface area contributed by atoms with E-state index in [1.54, 1.807) is 4.90 Å². The molecule has 4 N–H and O–H groups in total. The second-order valence-corrected chi connectivity index (χ2v) is 3.39. The Morgan fingerprint density at radius 2 is 2.31 bits per heavy atom. The molecular weight excluding hydrogens is 170 g/mol. The van der Waals surface area contributed by atoms with Crippen LogP contribution in [-0.4, -0.2) is 48.8 Å². The molecule has 1 saturated heterocycles. The van der Waals surface area contributed by atoms with Crippen LogP contribution in [0.2, 0.25) is 0 Å². The predicted molar refractivity (Wildman–Crippen MR) is 49.2 cm³/mol. The Kier molecular flexibility index (Phi) is 3.98. The molecular formula is C8H17N3O2. The summed E-state index contributed by atoms with van der Waals surface area (Å²) in [5.74, 6) is 0.534. The average Bonchev–Trinajstić information content (AvgIpc) is 2.00. The van der Waals surface area contributed by atoms with Crippen molar-refractivity contribution >= 4 is 6.03 Å². The quantitative estimate of drug-likeness (QED) is 0.481. The number of nitrogens with zero attached hydrogens (tertiary/aromatic N) is 1. The zero-order chi connectivity index (χ0) is 9.68. The van der Waals surface area contributed by atoms with Gasteiger partial charge in [0.1, 0.15) is 0 Å². The summed E-state index contributed by atoms with van der Waals surface area (Å²) in [5, 5.41) is 11.7. The SMILES string of the molecule is NC(=O)N1CC(CNCCCO)C1. The van der Waals surface area contributed by atoms with Gasteiger partial charge in [-0.2, -0.15) is 0 Å². The molecule has 5 nitrogen and oxygen atoms in total. The van der Waals surface area contributed by atoms with Gasteiger partial charge in [-0.15, -0.1) is 0 Å². The second kappa shape index (κ2) is 5.04. The number of hydrogen-bond acceptors (Lipinski definition) is 3. The number of amides is 2. The summed E-state index contributed by atoms with van der Waals surface area (Å²) in [7, 11) is 0. The van der Waals surface area contributed by atoms with Crippen LogP contribution in [0.25, 0.3) is 0 Å². The molecule has 2 amide bonds. The van der Waals surface area contributed by atoms with Gasteiger partial charge in [0.15, 0.2) is 0 Å². The molecule has 1 heterocycles. The Hall–Kier alpha value is -0.810. The number of rotatable bonds is 5. The second-order valence-electron chi connectivity index (χ2n) is 3.39. The van der Waals surface area contributed by atoms with E-state index in [4.69, 9.17) is 10.8 Å². The summed E-state index contributed by atoms with van der Waals surface area (Å²) in [6, 6.07) is -0.327. The Balaban J connectivity index is 1.93. The first-order chi connectivity index (χ1) is 6.24. The number of aliphatic hydroxyl groups is 1. The molecule has 1 aliphatic heterocycles. The molecule has 0 aromatic carbocycles. The van der Waals surface area contributed by atoms with Crippen molar-refractivity contribution in [1.82, 2.24) is 10.2 Å². The maximum Gasteiger partial charge on any atom is 0.314 e. The van der Waals surface area contributed by atoms with Gasteiger partial charge in [-0.1, -0.05) is 0 Å². The first-order valence-electron chi connectivity index (χ1n) is 4.60. The van der Waals surface area contributed by atoms with Crippen molar-refractivity contribution in [1.29, 1.82) is 0 Å². The fourth-order valence-electron chi connectivity index (χ4n) is 1.39. The lowest BCUT2D eigenvalue weighted by Gasteiger charge is -2.38. The highest BCUT2D eigenvalue weighted by atomic mass is 16.3. The molecule has 0 atom stereocenters. The minimum atomic E-state index is -0.327. The molecule has 1 aliphatic rings. The molecule has 1 fully saturated rings. The van der Waals surface area contributed by atoms with Crippen LogP contribution in [0.5, 0.6) is 0 Å². The lowest BCUT2D eigenvalue weighted by molar-refractivity contribution is 0.126. The number of nitrogens with two attached hydrogens (primary N) is 1. The lowest BCUT2D eigenvalue weighted by Crippen LogP contribution is -2.55. The molecule has 1 rings (SSSR count). The van der Waals surface area contributed by atoms with E-state index in [9.17, 15) is 4.79 Å². The van der Waals surface area contributed by atoms with Crippen LogP contribution in [0.3, 0.4) is 0 Å². The molecule has 76 valence electrons.